The Kier molecular flexibility index (Phi) is 6.29. The van der Waals surface area contributed by atoms with E-state index >= 15 is 0 Å². The largest absolute Gasteiger partial charge is 0.497 e. The molecule has 0 aliphatic rings. The molecule has 0 aliphatic carbocycles. The number of halogens is 1. The molecule has 150 valence electrons. The molecule has 0 atom stereocenters. The minimum absolute atomic E-state index is 0.221. The van der Waals surface area contributed by atoms with Gasteiger partial charge in [-0.1, -0.05) is 18.2 Å². The Morgan fingerprint density at radius 3 is 2.41 bits per heavy atom. The summed E-state index contributed by atoms with van der Waals surface area (Å²) in [6.07, 6.45) is 0. The fourth-order valence-electron chi connectivity index (χ4n) is 2.86. The highest BCUT2D eigenvalue weighted by atomic mass is 19.1. The van der Waals surface area contributed by atoms with Crippen LogP contribution < -0.4 is 14.8 Å². The summed E-state index contributed by atoms with van der Waals surface area (Å²) in [6, 6.07) is 15.1. The van der Waals surface area contributed by atoms with Gasteiger partial charge in [0.1, 0.15) is 28.7 Å². The number of esters is 1. The van der Waals surface area contributed by atoms with Gasteiger partial charge in [-0.15, -0.1) is 0 Å². The molecule has 1 heterocycles. The Balaban J connectivity index is 1.97. The SMILES string of the molecule is COC(=O)c1ccc(-c2c(F)cccc2OC)nc1NCc1ccc(OC)cc1. The van der Waals surface area contributed by atoms with Crippen LogP contribution >= 0.6 is 0 Å². The van der Waals surface area contributed by atoms with E-state index in [1.54, 1.807) is 31.4 Å². The number of carbonyl (C=O) groups is 1. The Bertz CT molecular complexity index is 1010. The molecule has 2 aromatic carbocycles. The summed E-state index contributed by atoms with van der Waals surface area (Å²) in [6.45, 7) is 0.402. The maximum Gasteiger partial charge on any atom is 0.341 e. The third kappa shape index (κ3) is 4.45. The lowest BCUT2D eigenvalue weighted by atomic mass is 10.1. The maximum atomic E-state index is 14.5. The zero-order chi connectivity index (χ0) is 20.8. The van der Waals surface area contributed by atoms with Gasteiger partial charge in [0.05, 0.1) is 32.6 Å². The first-order valence-corrected chi connectivity index (χ1v) is 8.86. The van der Waals surface area contributed by atoms with Crippen molar-refractivity contribution in [2.24, 2.45) is 0 Å². The molecular formula is C22H21FN2O4. The summed E-state index contributed by atoms with van der Waals surface area (Å²) >= 11 is 0. The van der Waals surface area contributed by atoms with Gasteiger partial charge in [0.2, 0.25) is 0 Å². The molecule has 1 aromatic heterocycles. The van der Waals surface area contributed by atoms with Crippen molar-refractivity contribution in [3.05, 3.63) is 71.5 Å². The molecule has 0 amide bonds. The van der Waals surface area contributed by atoms with Gasteiger partial charge in [-0.2, -0.15) is 0 Å². The first kappa shape index (κ1) is 20.1. The van der Waals surface area contributed by atoms with Gasteiger partial charge in [-0.05, 0) is 42.0 Å². The van der Waals surface area contributed by atoms with E-state index in [0.29, 0.717) is 18.0 Å². The Morgan fingerprint density at radius 1 is 1.00 bits per heavy atom. The van der Waals surface area contributed by atoms with Crippen LogP contribution in [0.2, 0.25) is 0 Å². The lowest BCUT2D eigenvalue weighted by Crippen LogP contribution is -2.11. The molecule has 0 radical (unpaired) electrons. The van der Waals surface area contributed by atoms with Crippen LogP contribution in [-0.4, -0.2) is 32.3 Å². The number of methoxy groups -OCH3 is 3. The first-order valence-electron chi connectivity index (χ1n) is 8.86. The number of benzene rings is 2. The number of rotatable bonds is 7. The Morgan fingerprint density at radius 2 is 1.76 bits per heavy atom. The molecule has 6 nitrogen and oxygen atoms in total. The maximum absolute atomic E-state index is 14.5. The third-order valence-electron chi connectivity index (χ3n) is 4.37. The molecule has 0 unspecified atom stereocenters. The lowest BCUT2D eigenvalue weighted by molar-refractivity contribution is 0.0601. The molecule has 1 N–H and O–H groups in total. The highest BCUT2D eigenvalue weighted by molar-refractivity contribution is 5.95. The van der Waals surface area contributed by atoms with Crippen molar-refractivity contribution in [2.45, 2.75) is 6.54 Å². The number of anilines is 1. The molecule has 0 saturated heterocycles. The number of ether oxygens (including phenoxy) is 3. The van der Waals surface area contributed by atoms with Gasteiger partial charge in [0.15, 0.2) is 0 Å². The fraction of sp³-hybridized carbons (Fsp3) is 0.182. The summed E-state index contributed by atoms with van der Waals surface area (Å²) in [5.41, 5.74) is 1.76. The van der Waals surface area contributed by atoms with E-state index < -0.39 is 11.8 Å². The van der Waals surface area contributed by atoms with Crippen LogP contribution in [-0.2, 0) is 11.3 Å². The van der Waals surface area contributed by atoms with Crippen LogP contribution in [0.3, 0.4) is 0 Å². The summed E-state index contributed by atoms with van der Waals surface area (Å²) in [5, 5.41) is 3.13. The number of hydrogen-bond donors (Lipinski definition) is 1. The van der Waals surface area contributed by atoms with Gasteiger partial charge in [0.25, 0.3) is 0 Å². The van der Waals surface area contributed by atoms with Crippen molar-refractivity contribution in [3.8, 4) is 22.8 Å². The van der Waals surface area contributed by atoms with Crippen molar-refractivity contribution in [1.29, 1.82) is 0 Å². The van der Waals surface area contributed by atoms with Gasteiger partial charge < -0.3 is 19.5 Å². The average Bonchev–Trinajstić information content (AvgIpc) is 2.77. The number of carbonyl (C=O) groups excluding carboxylic acids is 1. The summed E-state index contributed by atoms with van der Waals surface area (Å²) in [5.74, 6) is 0.376. The number of nitrogens with zero attached hydrogens (tertiary/aromatic N) is 1. The monoisotopic (exact) mass is 396 g/mol. The zero-order valence-corrected chi connectivity index (χ0v) is 16.4. The molecule has 0 bridgehead atoms. The molecular weight excluding hydrogens is 375 g/mol. The molecule has 29 heavy (non-hydrogen) atoms. The van der Waals surface area contributed by atoms with E-state index in [2.05, 4.69) is 10.3 Å². The second-order valence-corrected chi connectivity index (χ2v) is 6.10. The third-order valence-corrected chi connectivity index (χ3v) is 4.37. The van der Waals surface area contributed by atoms with Crippen LogP contribution in [0.1, 0.15) is 15.9 Å². The smallest absolute Gasteiger partial charge is 0.341 e. The lowest BCUT2D eigenvalue weighted by Gasteiger charge is -2.14. The van der Waals surface area contributed by atoms with E-state index in [0.717, 1.165) is 11.3 Å². The van der Waals surface area contributed by atoms with Crippen LogP contribution in [0.15, 0.2) is 54.6 Å². The highest BCUT2D eigenvalue weighted by Gasteiger charge is 2.18. The van der Waals surface area contributed by atoms with Crippen LogP contribution in [0.4, 0.5) is 10.2 Å². The molecule has 3 aromatic rings. The quantitative estimate of drug-likeness (QED) is 0.601. The van der Waals surface area contributed by atoms with E-state index in [-0.39, 0.29) is 16.9 Å². The second kappa shape index (κ2) is 9.05. The van der Waals surface area contributed by atoms with Crippen molar-refractivity contribution in [1.82, 2.24) is 4.98 Å². The van der Waals surface area contributed by atoms with E-state index in [1.807, 2.05) is 24.3 Å². The summed E-state index contributed by atoms with van der Waals surface area (Å²) in [4.78, 5) is 16.6. The normalized spacial score (nSPS) is 10.3. The van der Waals surface area contributed by atoms with Crippen molar-refractivity contribution >= 4 is 11.8 Å². The van der Waals surface area contributed by atoms with Gasteiger partial charge in [-0.25, -0.2) is 14.2 Å². The molecule has 0 spiro atoms. The number of pyridine rings is 1. The topological polar surface area (TPSA) is 69.7 Å². The number of hydrogen-bond acceptors (Lipinski definition) is 6. The van der Waals surface area contributed by atoms with Crippen LogP contribution in [0, 0.1) is 5.82 Å². The fourth-order valence-corrected chi connectivity index (χ4v) is 2.86. The minimum Gasteiger partial charge on any atom is -0.497 e. The van der Waals surface area contributed by atoms with Crippen molar-refractivity contribution in [2.75, 3.05) is 26.6 Å². The van der Waals surface area contributed by atoms with E-state index in [9.17, 15) is 9.18 Å². The van der Waals surface area contributed by atoms with Crippen molar-refractivity contribution in [3.63, 3.8) is 0 Å². The molecule has 0 aliphatic heterocycles. The predicted octanol–water partition coefficient (Wildman–Crippen LogP) is 4.30. The van der Waals surface area contributed by atoms with Crippen LogP contribution in [0.25, 0.3) is 11.3 Å². The first-order chi connectivity index (χ1) is 14.1. The van der Waals surface area contributed by atoms with E-state index in [1.165, 1.54) is 20.3 Å². The van der Waals surface area contributed by atoms with E-state index in [4.69, 9.17) is 14.2 Å². The van der Waals surface area contributed by atoms with Crippen LogP contribution in [0.5, 0.6) is 11.5 Å². The van der Waals surface area contributed by atoms with Crippen molar-refractivity contribution < 1.29 is 23.4 Å². The zero-order valence-electron chi connectivity index (χ0n) is 16.4. The van der Waals surface area contributed by atoms with Gasteiger partial charge in [-0.3, -0.25) is 0 Å². The highest BCUT2D eigenvalue weighted by Crippen LogP contribution is 2.33. The number of aromatic nitrogens is 1. The summed E-state index contributed by atoms with van der Waals surface area (Å²) in [7, 11) is 4.36. The summed E-state index contributed by atoms with van der Waals surface area (Å²) < 4.78 is 29.7. The second-order valence-electron chi connectivity index (χ2n) is 6.10. The standard InChI is InChI=1S/C22H21FN2O4/c1-27-15-9-7-14(8-10-15)13-24-21-16(22(26)29-3)11-12-18(25-21)20-17(23)5-4-6-19(20)28-2/h4-12H,13H2,1-3H3,(H,24,25). The molecule has 0 saturated carbocycles. The average molecular weight is 396 g/mol. The molecule has 7 heteroatoms. The minimum atomic E-state index is -0.540. The predicted molar refractivity (Wildman–Crippen MR) is 108 cm³/mol. The molecule has 3 rings (SSSR count). The Labute approximate surface area is 168 Å². The Hall–Kier alpha value is -3.61. The van der Waals surface area contributed by atoms with Gasteiger partial charge in [0, 0.05) is 6.54 Å². The molecule has 0 fully saturated rings. The van der Waals surface area contributed by atoms with Gasteiger partial charge >= 0.3 is 5.97 Å². The number of nitrogens with one attached hydrogen (secondary N) is 1.